The maximum absolute atomic E-state index is 10.6. The third-order valence-electron chi connectivity index (χ3n) is 2.43. The highest BCUT2D eigenvalue weighted by atomic mass is 35.5. The number of aromatic nitrogens is 1. The van der Waals surface area contributed by atoms with Gasteiger partial charge >= 0.3 is 5.97 Å². The van der Waals surface area contributed by atoms with Crippen LogP contribution in [0.1, 0.15) is 34.3 Å². The van der Waals surface area contributed by atoms with Crippen LogP contribution in [-0.2, 0) is 0 Å². The van der Waals surface area contributed by atoms with E-state index in [1.165, 1.54) is 11.3 Å². The minimum atomic E-state index is -0.929. The van der Waals surface area contributed by atoms with Gasteiger partial charge in [0.1, 0.15) is 0 Å². The first-order chi connectivity index (χ1) is 6.77. The number of carboxylic acids is 1. The molecule has 1 aliphatic heterocycles. The minimum absolute atomic E-state index is 0. The van der Waals surface area contributed by atoms with Crippen molar-refractivity contribution in [3.05, 3.63) is 16.1 Å². The fraction of sp³-hybridized carbons (Fsp3) is 0.556. The molecular formula is C9H14Cl2N2O2S. The Morgan fingerprint density at radius 3 is 2.56 bits per heavy atom. The Morgan fingerprint density at radius 2 is 2.06 bits per heavy atom. The van der Waals surface area contributed by atoms with Crippen LogP contribution in [0.25, 0.3) is 0 Å². The molecule has 1 aliphatic rings. The molecule has 4 nitrogen and oxygen atoms in total. The molecule has 2 rings (SSSR count). The number of thiazole rings is 1. The molecule has 0 amide bonds. The molecule has 0 bridgehead atoms. The minimum Gasteiger partial charge on any atom is -0.476 e. The van der Waals surface area contributed by atoms with Crippen molar-refractivity contribution in [2.75, 3.05) is 13.1 Å². The number of rotatable bonds is 2. The normalized spacial score (nSPS) is 16.0. The Morgan fingerprint density at radius 1 is 1.44 bits per heavy atom. The maximum Gasteiger partial charge on any atom is 0.355 e. The monoisotopic (exact) mass is 284 g/mol. The summed E-state index contributed by atoms with van der Waals surface area (Å²) < 4.78 is 0. The third kappa shape index (κ3) is 3.59. The predicted molar refractivity (Wildman–Crippen MR) is 68.4 cm³/mol. The van der Waals surface area contributed by atoms with Gasteiger partial charge in [-0.05, 0) is 25.9 Å². The molecule has 7 heteroatoms. The van der Waals surface area contributed by atoms with Crippen molar-refractivity contribution in [1.82, 2.24) is 10.3 Å². The zero-order chi connectivity index (χ0) is 9.97. The number of carbonyl (C=O) groups is 1. The van der Waals surface area contributed by atoms with E-state index in [1.54, 1.807) is 5.38 Å². The number of nitrogens with zero attached hydrogens (tertiary/aromatic N) is 1. The van der Waals surface area contributed by atoms with Gasteiger partial charge in [0.05, 0.1) is 5.01 Å². The van der Waals surface area contributed by atoms with Gasteiger partial charge in [-0.2, -0.15) is 0 Å². The molecule has 0 aromatic carbocycles. The second-order valence-corrected chi connectivity index (χ2v) is 4.29. The number of nitrogens with one attached hydrogen (secondary N) is 1. The molecule has 92 valence electrons. The van der Waals surface area contributed by atoms with Crippen LogP contribution in [-0.4, -0.2) is 29.1 Å². The molecule has 1 aromatic rings. The van der Waals surface area contributed by atoms with Crippen molar-refractivity contribution in [2.24, 2.45) is 0 Å². The van der Waals surface area contributed by atoms with Crippen molar-refractivity contribution in [3.63, 3.8) is 0 Å². The quantitative estimate of drug-likeness (QED) is 0.874. The molecule has 2 heterocycles. The third-order valence-corrected chi connectivity index (χ3v) is 3.44. The van der Waals surface area contributed by atoms with Crippen molar-refractivity contribution < 1.29 is 9.90 Å². The van der Waals surface area contributed by atoms with E-state index in [0.29, 0.717) is 5.92 Å². The van der Waals surface area contributed by atoms with E-state index >= 15 is 0 Å². The van der Waals surface area contributed by atoms with E-state index in [9.17, 15) is 4.79 Å². The molecule has 0 spiro atoms. The highest BCUT2D eigenvalue weighted by Gasteiger charge is 2.19. The highest BCUT2D eigenvalue weighted by Crippen LogP contribution is 2.27. The molecule has 1 fully saturated rings. The Labute approximate surface area is 110 Å². The number of halogens is 2. The molecule has 1 aromatic heterocycles. The van der Waals surface area contributed by atoms with Gasteiger partial charge in [0.25, 0.3) is 0 Å². The number of hydrogen-bond donors (Lipinski definition) is 2. The Bertz CT molecular complexity index is 340. The fourth-order valence-electron chi connectivity index (χ4n) is 1.64. The number of hydrogen-bond acceptors (Lipinski definition) is 4. The van der Waals surface area contributed by atoms with Gasteiger partial charge in [-0.25, -0.2) is 9.78 Å². The largest absolute Gasteiger partial charge is 0.476 e. The Hall–Kier alpha value is -0.360. The average Bonchev–Trinajstić information content (AvgIpc) is 2.68. The average molecular weight is 285 g/mol. The summed E-state index contributed by atoms with van der Waals surface area (Å²) in [6, 6.07) is 0. The van der Waals surface area contributed by atoms with Gasteiger partial charge in [-0.3, -0.25) is 0 Å². The van der Waals surface area contributed by atoms with E-state index in [0.717, 1.165) is 30.9 Å². The predicted octanol–water partition coefficient (Wildman–Crippen LogP) is 2.15. The zero-order valence-electron chi connectivity index (χ0n) is 8.51. The Balaban J connectivity index is 0.00000112. The molecule has 0 unspecified atom stereocenters. The van der Waals surface area contributed by atoms with E-state index in [-0.39, 0.29) is 30.5 Å². The molecule has 1 saturated heterocycles. The summed E-state index contributed by atoms with van der Waals surface area (Å²) in [6.45, 7) is 2.01. The summed E-state index contributed by atoms with van der Waals surface area (Å²) in [5.74, 6) is -0.476. The van der Waals surface area contributed by atoms with Crippen LogP contribution >= 0.6 is 36.2 Å². The number of piperidine rings is 1. The van der Waals surface area contributed by atoms with Crippen LogP contribution in [0, 0.1) is 0 Å². The van der Waals surface area contributed by atoms with Crippen molar-refractivity contribution in [3.8, 4) is 0 Å². The van der Waals surface area contributed by atoms with Crippen molar-refractivity contribution >= 4 is 42.1 Å². The second-order valence-electron chi connectivity index (χ2n) is 3.40. The van der Waals surface area contributed by atoms with Crippen LogP contribution < -0.4 is 5.32 Å². The van der Waals surface area contributed by atoms with Crippen LogP contribution in [0.15, 0.2) is 5.38 Å². The van der Waals surface area contributed by atoms with Gasteiger partial charge in [-0.15, -0.1) is 36.2 Å². The smallest absolute Gasteiger partial charge is 0.355 e. The lowest BCUT2D eigenvalue weighted by molar-refractivity contribution is 0.0691. The van der Waals surface area contributed by atoms with Crippen molar-refractivity contribution in [1.29, 1.82) is 0 Å². The maximum atomic E-state index is 10.6. The molecule has 0 atom stereocenters. The van der Waals surface area contributed by atoms with Gasteiger partial charge in [-0.1, -0.05) is 0 Å². The molecule has 2 N–H and O–H groups in total. The van der Waals surface area contributed by atoms with Gasteiger partial charge in [0.15, 0.2) is 5.69 Å². The summed E-state index contributed by atoms with van der Waals surface area (Å²) in [5, 5.41) is 14.6. The second kappa shape index (κ2) is 7.06. The van der Waals surface area contributed by atoms with Gasteiger partial charge < -0.3 is 10.4 Å². The van der Waals surface area contributed by atoms with E-state index in [1.807, 2.05) is 0 Å². The number of aromatic carboxylic acids is 1. The van der Waals surface area contributed by atoms with Crippen LogP contribution in [0.5, 0.6) is 0 Å². The molecular weight excluding hydrogens is 271 g/mol. The lowest BCUT2D eigenvalue weighted by Gasteiger charge is -2.20. The summed E-state index contributed by atoms with van der Waals surface area (Å²) in [5.41, 5.74) is 0.184. The first kappa shape index (κ1) is 15.6. The van der Waals surface area contributed by atoms with Crippen molar-refractivity contribution in [2.45, 2.75) is 18.8 Å². The van der Waals surface area contributed by atoms with Crippen LogP contribution in [0.3, 0.4) is 0 Å². The van der Waals surface area contributed by atoms with Crippen LogP contribution in [0.2, 0.25) is 0 Å². The molecule has 16 heavy (non-hydrogen) atoms. The van der Waals surface area contributed by atoms with E-state index in [4.69, 9.17) is 5.11 Å². The van der Waals surface area contributed by atoms with E-state index < -0.39 is 5.97 Å². The molecule has 0 saturated carbocycles. The lowest BCUT2D eigenvalue weighted by Crippen LogP contribution is -2.26. The standard InChI is InChI=1S/C9H12N2O2S.2ClH/c12-9(13)7-5-14-8(11-7)6-1-3-10-4-2-6;;/h5-6,10H,1-4H2,(H,12,13);2*1H. The van der Waals surface area contributed by atoms with E-state index in [2.05, 4.69) is 10.3 Å². The first-order valence-electron chi connectivity index (χ1n) is 4.67. The highest BCUT2D eigenvalue weighted by molar-refractivity contribution is 7.09. The summed E-state index contributed by atoms with van der Waals surface area (Å²) in [4.78, 5) is 14.8. The zero-order valence-corrected chi connectivity index (χ0v) is 11.0. The van der Waals surface area contributed by atoms with Crippen LogP contribution in [0.4, 0.5) is 0 Å². The Kier molecular flexibility index (Phi) is 6.90. The molecule has 0 aliphatic carbocycles. The summed E-state index contributed by atoms with van der Waals surface area (Å²) in [6.07, 6.45) is 2.12. The number of carboxylic acid groups (broad SMARTS) is 1. The summed E-state index contributed by atoms with van der Waals surface area (Å²) >= 11 is 1.46. The lowest BCUT2D eigenvalue weighted by atomic mass is 9.99. The molecule has 0 radical (unpaired) electrons. The fourth-order valence-corrected chi connectivity index (χ4v) is 2.61. The summed E-state index contributed by atoms with van der Waals surface area (Å²) in [7, 11) is 0. The first-order valence-corrected chi connectivity index (χ1v) is 5.55. The topological polar surface area (TPSA) is 62.2 Å². The SMILES string of the molecule is Cl.Cl.O=C(O)c1csc(C2CCNCC2)n1. The van der Waals surface area contributed by atoms with Gasteiger partial charge in [0.2, 0.25) is 0 Å². The van der Waals surface area contributed by atoms with Gasteiger partial charge in [0, 0.05) is 11.3 Å².